The van der Waals surface area contributed by atoms with E-state index in [1.54, 1.807) is 10.6 Å². The number of primary amides is 1. The number of benzene rings is 1. The molecular formula is C19H20FN5O. The predicted molar refractivity (Wildman–Crippen MR) is 96.3 cm³/mol. The minimum absolute atomic E-state index is 0.346. The van der Waals surface area contributed by atoms with Crippen LogP contribution < -0.4 is 5.73 Å². The lowest BCUT2D eigenvalue weighted by molar-refractivity contribution is 0.100. The van der Waals surface area contributed by atoms with Gasteiger partial charge in [0.05, 0.1) is 11.3 Å². The van der Waals surface area contributed by atoms with Gasteiger partial charge in [0.15, 0.2) is 5.65 Å². The standard InChI is InChI=1S/C19H20FN5O/c20-15-7-9-24(10-8-15)11-13-1-3-14(4-2-13)17-6-5-16(18(21)26)19-22-12-23-25(17)19/h1-6,12,15H,7-11H2,(H2,21,26). The number of nitrogens with two attached hydrogens (primary N) is 1. The number of nitrogens with zero attached hydrogens (tertiary/aromatic N) is 4. The van der Waals surface area contributed by atoms with E-state index in [1.165, 1.54) is 11.9 Å². The van der Waals surface area contributed by atoms with Crippen molar-refractivity contribution in [2.75, 3.05) is 13.1 Å². The molecule has 2 N–H and O–H groups in total. The smallest absolute Gasteiger partial charge is 0.252 e. The summed E-state index contributed by atoms with van der Waals surface area (Å²) < 4.78 is 14.9. The number of amides is 1. The van der Waals surface area contributed by atoms with E-state index in [9.17, 15) is 9.18 Å². The molecule has 6 nitrogen and oxygen atoms in total. The van der Waals surface area contributed by atoms with E-state index < -0.39 is 12.1 Å². The highest BCUT2D eigenvalue weighted by atomic mass is 19.1. The summed E-state index contributed by atoms with van der Waals surface area (Å²) in [5.74, 6) is -0.526. The molecule has 0 saturated carbocycles. The Labute approximate surface area is 150 Å². The van der Waals surface area contributed by atoms with Crippen molar-refractivity contribution in [3.05, 3.63) is 53.9 Å². The molecule has 1 aliphatic heterocycles. The summed E-state index contributed by atoms with van der Waals surface area (Å²) in [5.41, 5.74) is 9.20. The minimum atomic E-state index is -0.651. The van der Waals surface area contributed by atoms with E-state index in [4.69, 9.17) is 5.73 Å². The highest BCUT2D eigenvalue weighted by Crippen LogP contribution is 2.23. The lowest BCUT2D eigenvalue weighted by Crippen LogP contribution is -2.33. The molecule has 0 atom stereocenters. The average Bonchev–Trinajstić information content (AvgIpc) is 3.13. The monoisotopic (exact) mass is 353 g/mol. The summed E-state index contributed by atoms with van der Waals surface area (Å²) >= 11 is 0. The number of hydrogen-bond donors (Lipinski definition) is 1. The van der Waals surface area contributed by atoms with Crippen molar-refractivity contribution in [1.82, 2.24) is 19.5 Å². The van der Waals surface area contributed by atoms with Crippen LogP contribution in [-0.4, -0.2) is 44.7 Å². The predicted octanol–water partition coefficient (Wildman–Crippen LogP) is 2.43. The summed E-state index contributed by atoms with van der Waals surface area (Å²) in [5, 5.41) is 4.22. The SMILES string of the molecule is NC(=O)c1ccc(-c2ccc(CN3CCC(F)CC3)cc2)n2ncnc12. The van der Waals surface area contributed by atoms with E-state index >= 15 is 0 Å². The van der Waals surface area contributed by atoms with Crippen molar-refractivity contribution in [1.29, 1.82) is 0 Å². The van der Waals surface area contributed by atoms with Crippen molar-refractivity contribution >= 4 is 11.6 Å². The quantitative estimate of drug-likeness (QED) is 0.781. The zero-order valence-corrected chi connectivity index (χ0v) is 14.3. The van der Waals surface area contributed by atoms with Crippen molar-refractivity contribution in [3.8, 4) is 11.3 Å². The summed E-state index contributed by atoms with van der Waals surface area (Å²) in [4.78, 5) is 17.9. The number of halogens is 1. The van der Waals surface area contributed by atoms with Crippen LogP contribution >= 0.6 is 0 Å². The van der Waals surface area contributed by atoms with Crippen molar-refractivity contribution in [2.45, 2.75) is 25.6 Å². The first-order chi connectivity index (χ1) is 12.6. The fourth-order valence-electron chi connectivity index (χ4n) is 3.42. The van der Waals surface area contributed by atoms with Gasteiger partial charge in [0, 0.05) is 25.2 Å². The summed E-state index contributed by atoms with van der Waals surface area (Å²) in [7, 11) is 0. The second kappa shape index (κ2) is 6.84. The molecule has 7 heteroatoms. The van der Waals surface area contributed by atoms with Gasteiger partial charge in [0.1, 0.15) is 12.5 Å². The minimum Gasteiger partial charge on any atom is -0.365 e. The zero-order valence-electron chi connectivity index (χ0n) is 14.3. The normalized spacial score (nSPS) is 16.2. The van der Waals surface area contributed by atoms with Gasteiger partial charge < -0.3 is 5.73 Å². The summed E-state index contributed by atoms with van der Waals surface area (Å²) in [6.45, 7) is 2.43. The topological polar surface area (TPSA) is 76.5 Å². The first-order valence-corrected chi connectivity index (χ1v) is 8.70. The number of pyridine rings is 1. The lowest BCUT2D eigenvalue weighted by Gasteiger charge is -2.28. The maximum atomic E-state index is 13.2. The number of aromatic nitrogens is 3. The molecule has 3 aromatic rings. The fraction of sp³-hybridized carbons (Fsp3) is 0.316. The van der Waals surface area contributed by atoms with E-state index in [0.717, 1.165) is 30.9 Å². The van der Waals surface area contributed by atoms with Gasteiger partial charge in [0.2, 0.25) is 0 Å². The first-order valence-electron chi connectivity index (χ1n) is 8.70. The number of hydrogen-bond acceptors (Lipinski definition) is 4. The molecular weight excluding hydrogens is 333 g/mol. The average molecular weight is 353 g/mol. The number of likely N-dealkylation sites (tertiary alicyclic amines) is 1. The molecule has 26 heavy (non-hydrogen) atoms. The van der Waals surface area contributed by atoms with Crippen molar-refractivity contribution in [3.63, 3.8) is 0 Å². The Bertz CT molecular complexity index is 929. The summed E-state index contributed by atoms with van der Waals surface area (Å²) in [6.07, 6.45) is 2.00. The third kappa shape index (κ3) is 3.17. The Balaban J connectivity index is 1.57. The van der Waals surface area contributed by atoms with E-state index in [-0.39, 0.29) is 0 Å². The number of alkyl halides is 1. The molecule has 1 amide bonds. The van der Waals surface area contributed by atoms with Gasteiger partial charge in [-0.1, -0.05) is 24.3 Å². The Morgan fingerprint density at radius 3 is 2.58 bits per heavy atom. The Morgan fingerprint density at radius 1 is 1.15 bits per heavy atom. The molecule has 0 bridgehead atoms. The lowest BCUT2D eigenvalue weighted by atomic mass is 10.1. The second-order valence-electron chi connectivity index (χ2n) is 6.64. The largest absolute Gasteiger partial charge is 0.365 e. The third-order valence-electron chi connectivity index (χ3n) is 4.86. The first kappa shape index (κ1) is 16.7. The highest BCUT2D eigenvalue weighted by molar-refractivity contribution is 5.99. The van der Waals surface area contributed by atoms with Gasteiger partial charge in [-0.25, -0.2) is 13.9 Å². The van der Waals surface area contributed by atoms with Crippen LogP contribution in [0.25, 0.3) is 16.9 Å². The maximum Gasteiger partial charge on any atom is 0.252 e. The molecule has 1 aliphatic rings. The Morgan fingerprint density at radius 2 is 1.88 bits per heavy atom. The van der Waals surface area contributed by atoms with Gasteiger partial charge in [-0.15, -0.1) is 0 Å². The van der Waals surface area contributed by atoms with Gasteiger partial charge in [-0.2, -0.15) is 5.10 Å². The number of piperidine rings is 1. The Hall–Kier alpha value is -2.80. The number of rotatable bonds is 4. The molecule has 0 aliphatic carbocycles. The molecule has 1 fully saturated rings. The van der Waals surface area contributed by atoms with Crippen LogP contribution in [0.15, 0.2) is 42.7 Å². The van der Waals surface area contributed by atoms with E-state index in [1.807, 2.05) is 18.2 Å². The van der Waals surface area contributed by atoms with Crippen LogP contribution in [0.1, 0.15) is 28.8 Å². The third-order valence-corrected chi connectivity index (χ3v) is 4.86. The van der Waals surface area contributed by atoms with Crippen molar-refractivity contribution in [2.24, 2.45) is 5.73 Å². The van der Waals surface area contributed by atoms with Gasteiger partial charge >= 0.3 is 0 Å². The van der Waals surface area contributed by atoms with E-state index in [2.05, 4.69) is 27.1 Å². The van der Waals surface area contributed by atoms with Gasteiger partial charge in [-0.05, 0) is 30.5 Å². The molecule has 4 rings (SSSR count). The van der Waals surface area contributed by atoms with Crippen LogP contribution in [0.5, 0.6) is 0 Å². The Kier molecular flexibility index (Phi) is 4.38. The molecule has 134 valence electrons. The molecule has 1 aromatic carbocycles. The highest BCUT2D eigenvalue weighted by Gasteiger charge is 2.18. The van der Waals surface area contributed by atoms with Crippen molar-refractivity contribution < 1.29 is 9.18 Å². The number of carbonyl (C=O) groups excluding carboxylic acids is 1. The van der Waals surface area contributed by atoms with Gasteiger partial charge in [0.25, 0.3) is 5.91 Å². The fourth-order valence-corrected chi connectivity index (χ4v) is 3.42. The summed E-state index contributed by atoms with van der Waals surface area (Å²) in [6, 6.07) is 11.7. The molecule has 2 aromatic heterocycles. The van der Waals surface area contributed by atoms with Crippen LogP contribution in [0.2, 0.25) is 0 Å². The molecule has 1 saturated heterocycles. The molecule has 0 radical (unpaired) electrons. The number of fused-ring (bicyclic) bond motifs is 1. The van der Waals surface area contributed by atoms with Crippen LogP contribution in [0, 0.1) is 0 Å². The van der Waals surface area contributed by atoms with Crippen LogP contribution in [0.4, 0.5) is 4.39 Å². The molecule has 0 unspecified atom stereocenters. The maximum absolute atomic E-state index is 13.2. The molecule has 3 heterocycles. The second-order valence-corrected chi connectivity index (χ2v) is 6.64. The van der Waals surface area contributed by atoms with E-state index in [0.29, 0.717) is 24.1 Å². The molecule has 0 spiro atoms. The van der Waals surface area contributed by atoms with Gasteiger partial charge in [-0.3, -0.25) is 9.69 Å². The zero-order chi connectivity index (χ0) is 18.1. The van der Waals surface area contributed by atoms with Crippen LogP contribution in [0.3, 0.4) is 0 Å². The number of carbonyl (C=O) groups is 1. The van der Waals surface area contributed by atoms with Crippen LogP contribution in [-0.2, 0) is 6.54 Å².